The van der Waals surface area contributed by atoms with E-state index in [1.807, 2.05) is 5.48 Å². The van der Waals surface area contributed by atoms with Gasteiger partial charge in [-0.3, -0.25) is 0 Å². The SMILES string of the molecule is CC(Br)NO. The molecule has 0 aromatic heterocycles. The summed E-state index contributed by atoms with van der Waals surface area (Å²) in [5, 5.41) is 7.85. The summed E-state index contributed by atoms with van der Waals surface area (Å²) in [6.07, 6.45) is 0. The van der Waals surface area contributed by atoms with Crippen molar-refractivity contribution in [2.75, 3.05) is 0 Å². The topological polar surface area (TPSA) is 32.3 Å². The van der Waals surface area contributed by atoms with Crippen LogP contribution in [0.15, 0.2) is 0 Å². The van der Waals surface area contributed by atoms with Crippen LogP contribution in [0.1, 0.15) is 6.92 Å². The van der Waals surface area contributed by atoms with E-state index in [0.29, 0.717) is 0 Å². The Morgan fingerprint density at radius 1 is 2.00 bits per heavy atom. The average Bonchev–Trinajstić information content (AvgIpc) is 1.38. The third-order valence-corrected chi connectivity index (χ3v) is 0.383. The van der Waals surface area contributed by atoms with Gasteiger partial charge in [-0.2, -0.15) is 5.48 Å². The number of alkyl halides is 1. The maximum absolute atomic E-state index is 7.85. The molecule has 0 aliphatic heterocycles. The summed E-state index contributed by atoms with van der Waals surface area (Å²) in [5.74, 6) is 0. The van der Waals surface area contributed by atoms with Crippen LogP contribution in [0.3, 0.4) is 0 Å². The fourth-order valence-corrected chi connectivity index (χ4v) is 0. The van der Waals surface area contributed by atoms with Crippen LogP contribution in [-0.4, -0.2) is 10.2 Å². The van der Waals surface area contributed by atoms with E-state index in [1.165, 1.54) is 0 Å². The number of rotatable bonds is 1. The Morgan fingerprint density at radius 2 is 2.20 bits per heavy atom. The van der Waals surface area contributed by atoms with Crippen LogP contribution in [-0.2, 0) is 0 Å². The molecule has 5 heavy (non-hydrogen) atoms. The lowest BCUT2D eigenvalue weighted by atomic mass is 10.8. The first kappa shape index (κ1) is 5.40. The second-order valence-corrected chi connectivity index (χ2v) is 2.12. The number of halogens is 1. The van der Waals surface area contributed by atoms with Gasteiger partial charge in [0.1, 0.15) is 0 Å². The van der Waals surface area contributed by atoms with Crippen molar-refractivity contribution >= 4 is 15.9 Å². The largest absolute Gasteiger partial charge is 0.316 e. The van der Waals surface area contributed by atoms with Gasteiger partial charge in [0, 0.05) is 0 Å². The molecule has 0 aromatic carbocycles. The monoisotopic (exact) mass is 139 g/mol. The first-order valence-corrected chi connectivity index (χ1v) is 2.22. The fraction of sp³-hybridized carbons (Fsp3) is 1.00. The van der Waals surface area contributed by atoms with Gasteiger partial charge in [0.25, 0.3) is 0 Å². The van der Waals surface area contributed by atoms with E-state index in [-0.39, 0.29) is 4.95 Å². The molecule has 0 aliphatic carbocycles. The zero-order valence-corrected chi connectivity index (χ0v) is 4.49. The number of hydrogen-bond donors (Lipinski definition) is 2. The smallest absolute Gasteiger partial charge is 0.0841 e. The predicted octanol–water partition coefficient (Wildman–Crippen LogP) is 0.706. The minimum atomic E-state index is 0.00231. The zero-order valence-electron chi connectivity index (χ0n) is 2.90. The van der Waals surface area contributed by atoms with Crippen molar-refractivity contribution < 1.29 is 5.21 Å². The van der Waals surface area contributed by atoms with Gasteiger partial charge in [-0.25, -0.2) is 0 Å². The van der Waals surface area contributed by atoms with Gasteiger partial charge in [-0.05, 0) is 6.92 Å². The van der Waals surface area contributed by atoms with Crippen LogP contribution in [0.5, 0.6) is 0 Å². The van der Waals surface area contributed by atoms with Crippen LogP contribution < -0.4 is 5.48 Å². The summed E-state index contributed by atoms with van der Waals surface area (Å²) < 4.78 is 0. The van der Waals surface area contributed by atoms with Crippen molar-refractivity contribution in [1.82, 2.24) is 5.48 Å². The molecule has 2 nitrogen and oxygen atoms in total. The summed E-state index contributed by atoms with van der Waals surface area (Å²) in [4.78, 5) is 0.00231. The predicted molar refractivity (Wildman–Crippen MR) is 23.3 cm³/mol. The minimum absolute atomic E-state index is 0.00231. The van der Waals surface area contributed by atoms with E-state index < -0.39 is 0 Å². The van der Waals surface area contributed by atoms with Crippen molar-refractivity contribution in [3.8, 4) is 0 Å². The quantitative estimate of drug-likeness (QED) is 0.319. The average molecular weight is 140 g/mol. The van der Waals surface area contributed by atoms with Gasteiger partial charge < -0.3 is 5.21 Å². The Labute approximate surface area is 39.3 Å². The van der Waals surface area contributed by atoms with Gasteiger partial charge in [-0.1, -0.05) is 15.9 Å². The minimum Gasteiger partial charge on any atom is -0.316 e. The van der Waals surface area contributed by atoms with E-state index in [0.717, 1.165) is 0 Å². The van der Waals surface area contributed by atoms with Gasteiger partial charge in [0.05, 0.1) is 4.95 Å². The molecule has 0 heterocycles. The lowest BCUT2D eigenvalue weighted by molar-refractivity contribution is 0.164. The maximum Gasteiger partial charge on any atom is 0.0841 e. The summed E-state index contributed by atoms with van der Waals surface area (Å²) >= 11 is 3.01. The van der Waals surface area contributed by atoms with Gasteiger partial charge in [-0.15, -0.1) is 0 Å². The normalized spacial score (nSPS) is 15.0. The molecule has 0 saturated heterocycles. The summed E-state index contributed by atoms with van der Waals surface area (Å²) in [6.45, 7) is 1.78. The molecule has 3 heteroatoms. The maximum atomic E-state index is 7.85. The van der Waals surface area contributed by atoms with Crippen LogP contribution in [0, 0.1) is 0 Å². The first-order valence-electron chi connectivity index (χ1n) is 1.31. The number of nitrogens with one attached hydrogen (secondary N) is 1. The molecular weight excluding hydrogens is 134 g/mol. The highest BCUT2D eigenvalue weighted by Crippen LogP contribution is 1.85. The molecule has 0 spiro atoms. The van der Waals surface area contributed by atoms with Crippen LogP contribution in [0.2, 0.25) is 0 Å². The van der Waals surface area contributed by atoms with Crippen molar-refractivity contribution in [2.24, 2.45) is 0 Å². The molecule has 0 aromatic rings. The molecule has 0 bridgehead atoms. The Balaban J connectivity index is 2.54. The van der Waals surface area contributed by atoms with E-state index in [9.17, 15) is 0 Å². The van der Waals surface area contributed by atoms with Crippen molar-refractivity contribution in [3.05, 3.63) is 0 Å². The zero-order chi connectivity index (χ0) is 4.28. The molecule has 1 unspecified atom stereocenters. The highest BCUT2D eigenvalue weighted by Gasteiger charge is 1.81. The highest BCUT2D eigenvalue weighted by atomic mass is 79.9. The second-order valence-electron chi connectivity index (χ2n) is 0.745. The van der Waals surface area contributed by atoms with E-state index >= 15 is 0 Å². The lowest BCUT2D eigenvalue weighted by Crippen LogP contribution is -2.13. The van der Waals surface area contributed by atoms with E-state index in [4.69, 9.17) is 5.21 Å². The van der Waals surface area contributed by atoms with Gasteiger partial charge >= 0.3 is 0 Å². The van der Waals surface area contributed by atoms with Crippen molar-refractivity contribution in [1.29, 1.82) is 0 Å². The summed E-state index contributed by atoms with van der Waals surface area (Å²) in [5.41, 5.74) is 1.94. The first-order chi connectivity index (χ1) is 2.27. The Hall–Kier alpha value is 0.400. The Kier molecular flexibility index (Phi) is 2.84. The highest BCUT2D eigenvalue weighted by molar-refractivity contribution is 9.09. The van der Waals surface area contributed by atoms with Crippen molar-refractivity contribution in [2.45, 2.75) is 11.9 Å². The molecule has 0 aliphatic rings. The molecule has 32 valence electrons. The van der Waals surface area contributed by atoms with Crippen LogP contribution >= 0.6 is 15.9 Å². The molecule has 2 N–H and O–H groups in total. The van der Waals surface area contributed by atoms with Crippen LogP contribution in [0.4, 0.5) is 0 Å². The summed E-state index contributed by atoms with van der Waals surface area (Å²) in [6, 6.07) is 0. The Bertz CT molecular complexity index is 23.6. The standard InChI is InChI=1S/C2H6BrNO/c1-2(3)4-5/h2,4-5H,1H3. The summed E-state index contributed by atoms with van der Waals surface area (Å²) in [7, 11) is 0. The molecule has 0 radical (unpaired) electrons. The van der Waals surface area contributed by atoms with Gasteiger partial charge in [0.2, 0.25) is 0 Å². The molecule has 1 atom stereocenters. The molecular formula is C2H6BrNO. The lowest BCUT2D eigenvalue weighted by Gasteiger charge is -1.91. The van der Waals surface area contributed by atoms with Crippen LogP contribution in [0.25, 0.3) is 0 Å². The fourth-order valence-electron chi connectivity index (χ4n) is 0. The van der Waals surface area contributed by atoms with E-state index in [1.54, 1.807) is 6.92 Å². The van der Waals surface area contributed by atoms with Gasteiger partial charge in [0.15, 0.2) is 0 Å². The molecule has 0 fully saturated rings. The second kappa shape index (κ2) is 2.63. The number of hydroxylamine groups is 1. The van der Waals surface area contributed by atoms with Crippen molar-refractivity contribution in [3.63, 3.8) is 0 Å². The number of hydrogen-bond acceptors (Lipinski definition) is 2. The third-order valence-electron chi connectivity index (χ3n) is 0.178. The molecule has 0 saturated carbocycles. The van der Waals surface area contributed by atoms with E-state index in [2.05, 4.69) is 15.9 Å². The molecule has 0 amide bonds. The molecule has 0 rings (SSSR count). The third kappa shape index (κ3) is 4.40. The Morgan fingerprint density at radius 3 is 2.20 bits per heavy atom.